The van der Waals surface area contributed by atoms with Crippen LogP contribution in [-0.4, -0.2) is 32.1 Å². The Morgan fingerprint density at radius 2 is 2.19 bits per heavy atom. The zero-order chi connectivity index (χ0) is 15.7. The van der Waals surface area contributed by atoms with Crippen LogP contribution in [0.1, 0.15) is 19.4 Å². The zero-order valence-electron chi connectivity index (χ0n) is 12.6. The number of benzene rings is 1. The standard InChI is InChI=1S/C15H22FN3O2/c1-4-17-15(18-9-11(2)14(20)21-3)19-10-12-6-5-7-13(16)8-12/h5-8,11H,4,9-10H2,1-3H3,(H2,17,18,19). The van der Waals surface area contributed by atoms with Crippen molar-refractivity contribution in [3.8, 4) is 0 Å². The van der Waals surface area contributed by atoms with Gasteiger partial charge in [0.2, 0.25) is 0 Å². The van der Waals surface area contributed by atoms with E-state index in [0.29, 0.717) is 25.6 Å². The van der Waals surface area contributed by atoms with E-state index in [0.717, 1.165) is 5.56 Å². The summed E-state index contributed by atoms with van der Waals surface area (Å²) in [5, 5.41) is 6.14. The number of halogens is 1. The van der Waals surface area contributed by atoms with Gasteiger partial charge < -0.3 is 15.4 Å². The van der Waals surface area contributed by atoms with Gasteiger partial charge in [0.25, 0.3) is 0 Å². The summed E-state index contributed by atoms with van der Waals surface area (Å²) in [5.41, 5.74) is 0.785. The third-order valence-corrected chi connectivity index (χ3v) is 2.83. The number of nitrogens with one attached hydrogen (secondary N) is 2. The SMILES string of the molecule is CCNC(=NCc1cccc(F)c1)NCC(C)C(=O)OC. The number of esters is 1. The van der Waals surface area contributed by atoms with Crippen LogP contribution < -0.4 is 10.6 Å². The summed E-state index contributed by atoms with van der Waals surface area (Å²) < 4.78 is 17.8. The van der Waals surface area contributed by atoms with E-state index in [-0.39, 0.29) is 17.7 Å². The summed E-state index contributed by atoms with van der Waals surface area (Å²) >= 11 is 0. The Bertz CT molecular complexity index is 492. The van der Waals surface area contributed by atoms with Crippen molar-refractivity contribution in [3.63, 3.8) is 0 Å². The predicted molar refractivity (Wildman–Crippen MR) is 80.4 cm³/mol. The van der Waals surface area contributed by atoms with E-state index >= 15 is 0 Å². The second-order valence-corrected chi connectivity index (χ2v) is 4.63. The molecule has 1 aromatic rings. The van der Waals surface area contributed by atoms with Crippen molar-refractivity contribution in [2.24, 2.45) is 10.9 Å². The average Bonchev–Trinajstić information content (AvgIpc) is 2.49. The van der Waals surface area contributed by atoms with Crippen LogP contribution in [0.2, 0.25) is 0 Å². The Labute approximate surface area is 124 Å². The highest BCUT2D eigenvalue weighted by Gasteiger charge is 2.13. The lowest BCUT2D eigenvalue weighted by Crippen LogP contribution is -2.40. The lowest BCUT2D eigenvalue weighted by atomic mass is 10.2. The van der Waals surface area contributed by atoms with E-state index in [2.05, 4.69) is 20.4 Å². The maximum absolute atomic E-state index is 13.1. The maximum Gasteiger partial charge on any atom is 0.310 e. The molecule has 0 spiro atoms. The molecule has 5 nitrogen and oxygen atoms in total. The van der Waals surface area contributed by atoms with Gasteiger partial charge in [0.1, 0.15) is 5.82 Å². The highest BCUT2D eigenvalue weighted by atomic mass is 19.1. The van der Waals surface area contributed by atoms with Gasteiger partial charge in [0, 0.05) is 13.1 Å². The molecule has 0 radical (unpaired) electrons. The van der Waals surface area contributed by atoms with E-state index in [4.69, 9.17) is 0 Å². The van der Waals surface area contributed by atoms with Crippen LogP contribution in [0.4, 0.5) is 4.39 Å². The number of aliphatic imine (C=N–C) groups is 1. The molecule has 116 valence electrons. The van der Waals surface area contributed by atoms with Gasteiger partial charge in [-0.3, -0.25) is 4.79 Å². The van der Waals surface area contributed by atoms with Crippen LogP contribution in [0.25, 0.3) is 0 Å². The highest BCUT2D eigenvalue weighted by Crippen LogP contribution is 2.04. The van der Waals surface area contributed by atoms with E-state index in [1.807, 2.05) is 13.0 Å². The molecular formula is C15H22FN3O2. The minimum atomic E-state index is -0.278. The van der Waals surface area contributed by atoms with Gasteiger partial charge in [-0.05, 0) is 24.6 Å². The first kappa shape index (κ1) is 16.9. The Morgan fingerprint density at radius 1 is 1.43 bits per heavy atom. The lowest BCUT2D eigenvalue weighted by molar-refractivity contribution is -0.144. The van der Waals surface area contributed by atoms with Gasteiger partial charge in [-0.2, -0.15) is 0 Å². The Hall–Kier alpha value is -2.11. The van der Waals surface area contributed by atoms with E-state index in [9.17, 15) is 9.18 Å². The molecule has 2 N–H and O–H groups in total. The first-order chi connectivity index (χ1) is 10.1. The van der Waals surface area contributed by atoms with Crippen LogP contribution in [0.15, 0.2) is 29.3 Å². The largest absolute Gasteiger partial charge is 0.469 e. The van der Waals surface area contributed by atoms with Crippen LogP contribution in [0.3, 0.4) is 0 Å². The molecule has 1 unspecified atom stereocenters. The monoisotopic (exact) mass is 295 g/mol. The molecule has 6 heteroatoms. The molecule has 0 aliphatic heterocycles. The fourth-order valence-corrected chi connectivity index (χ4v) is 1.68. The van der Waals surface area contributed by atoms with E-state index < -0.39 is 0 Å². The van der Waals surface area contributed by atoms with Crippen molar-refractivity contribution in [2.75, 3.05) is 20.2 Å². The number of guanidine groups is 1. The molecule has 0 amide bonds. The summed E-state index contributed by atoms with van der Waals surface area (Å²) in [6.07, 6.45) is 0. The summed E-state index contributed by atoms with van der Waals surface area (Å²) in [4.78, 5) is 15.7. The smallest absolute Gasteiger partial charge is 0.310 e. The first-order valence-corrected chi connectivity index (χ1v) is 6.91. The van der Waals surface area contributed by atoms with Gasteiger partial charge in [-0.1, -0.05) is 19.1 Å². The minimum absolute atomic E-state index is 0.270. The summed E-state index contributed by atoms with van der Waals surface area (Å²) in [6, 6.07) is 6.31. The number of methoxy groups -OCH3 is 1. The summed E-state index contributed by atoms with van der Waals surface area (Å²) in [5.74, 6) is -0.242. The Kier molecular flexibility index (Phi) is 7.21. The van der Waals surface area contributed by atoms with Crippen molar-refractivity contribution in [1.82, 2.24) is 10.6 Å². The number of nitrogens with zero attached hydrogens (tertiary/aromatic N) is 1. The second kappa shape index (κ2) is 8.94. The molecule has 0 fully saturated rings. The molecule has 0 heterocycles. The normalized spacial score (nSPS) is 12.7. The second-order valence-electron chi connectivity index (χ2n) is 4.63. The van der Waals surface area contributed by atoms with Gasteiger partial charge >= 0.3 is 5.97 Å². The molecule has 0 saturated carbocycles. The van der Waals surface area contributed by atoms with Crippen molar-refractivity contribution < 1.29 is 13.9 Å². The van der Waals surface area contributed by atoms with Crippen LogP contribution in [-0.2, 0) is 16.1 Å². The minimum Gasteiger partial charge on any atom is -0.469 e. The Morgan fingerprint density at radius 3 is 2.81 bits per heavy atom. The van der Waals surface area contributed by atoms with Gasteiger partial charge in [-0.25, -0.2) is 9.38 Å². The summed E-state index contributed by atoms with van der Waals surface area (Å²) in [6.45, 7) is 5.20. The molecule has 0 aliphatic rings. The van der Waals surface area contributed by atoms with Gasteiger partial charge in [-0.15, -0.1) is 0 Å². The van der Waals surface area contributed by atoms with Crippen molar-refractivity contribution in [3.05, 3.63) is 35.6 Å². The molecule has 0 aliphatic carbocycles. The number of carbonyl (C=O) groups is 1. The fraction of sp³-hybridized carbons (Fsp3) is 0.467. The van der Waals surface area contributed by atoms with Crippen molar-refractivity contribution in [2.45, 2.75) is 20.4 Å². The number of hydrogen-bond donors (Lipinski definition) is 2. The number of ether oxygens (including phenoxy) is 1. The zero-order valence-corrected chi connectivity index (χ0v) is 12.6. The molecule has 0 bridgehead atoms. The van der Waals surface area contributed by atoms with Crippen molar-refractivity contribution in [1.29, 1.82) is 0 Å². The molecule has 0 aromatic heterocycles. The fourth-order valence-electron chi connectivity index (χ4n) is 1.68. The predicted octanol–water partition coefficient (Wildman–Crippen LogP) is 1.69. The van der Waals surface area contributed by atoms with Crippen LogP contribution in [0.5, 0.6) is 0 Å². The Balaban J connectivity index is 2.59. The molecular weight excluding hydrogens is 273 g/mol. The van der Waals surface area contributed by atoms with E-state index in [1.54, 1.807) is 13.0 Å². The molecule has 1 aromatic carbocycles. The van der Waals surface area contributed by atoms with Crippen molar-refractivity contribution >= 4 is 11.9 Å². The average molecular weight is 295 g/mol. The summed E-state index contributed by atoms with van der Waals surface area (Å²) in [7, 11) is 1.36. The highest BCUT2D eigenvalue weighted by molar-refractivity contribution is 5.80. The molecule has 1 atom stereocenters. The van der Waals surface area contributed by atoms with Gasteiger partial charge in [0.05, 0.1) is 19.6 Å². The molecule has 21 heavy (non-hydrogen) atoms. The van der Waals surface area contributed by atoms with Crippen LogP contribution >= 0.6 is 0 Å². The topological polar surface area (TPSA) is 62.7 Å². The van der Waals surface area contributed by atoms with Crippen LogP contribution in [0, 0.1) is 11.7 Å². The van der Waals surface area contributed by atoms with E-state index in [1.165, 1.54) is 19.2 Å². The quantitative estimate of drug-likeness (QED) is 0.476. The third-order valence-electron chi connectivity index (χ3n) is 2.83. The molecule has 1 rings (SSSR count). The maximum atomic E-state index is 13.1. The third kappa shape index (κ3) is 6.25. The number of rotatable bonds is 6. The molecule has 0 saturated heterocycles. The lowest BCUT2D eigenvalue weighted by Gasteiger charge is -2.14. The van der Waals surface area contributed by atoms with Gasteiger partial charge in [0.15, 0.2) is 5.96 Å². The first-order valence-electron chi connectivity index (χ1n) is 6.91. The number of carbonyl (C=O) groups excluding carboxylic acids is 1. The number of hydrogen-bond acceptors (Lipinski definition) is 3.